The molecule has 1 aliphatic rings. The van der Waals surface area contributed by atoms with Crippen LogP contribution < -0.4 is 5.32 Å². The summed E-state index contributed by atoms with van der Waals surface area (Å²) in [7, 11) is -3.72. The minimum atomic E-state index is -5.60. The molecule has 1 saturated heterocycles. The van der Waals surface area contributed by atoms with E-state index in [9.17, 15) is 26.0 Å². The SMILES string of the molecule is CN1CCCC1CNc1ccc(F)cc1S(=O)(=O)C(F)(F)F. The lowest BCUT2D eigenvalue weighted by Gasteiger charge is -2.21. The minimum absolute atomic E-state index is 0.103. The van der Waals surface area contributed by atoms with Gasteiger partial charge < -0.3 is 10.2 Å². The molecule has 1 N–H and O–H groups in total. The highest BCUT2D eigenvalue weighted by molar-refractivity contribution is 7.92. The third-order valence-corrected chi connectivity index (χ3v) is 5.26. The average molecular weight is 340 g/mol. The molecular formula is C13H16F4N2O2S. The summed E-state index contributed by atoms with van der Waals surface area (Å²) >= 11 is 0. The Morgan fingerprint density at radius 2 is 2.05 bits per heavy atom. The van der Waals surface area contributed by atoms with Crippen molar-refractivity contribution in [3.63, 3.8) is 0 Å². The van der Waals surface area contributed by atoms with Crippen molar-refractivity contribution in [2.45, 2.75) is 29.3 Å². The predicted octanol–water partition coefficient (Wildman–Crippen LogP) is 2.63. The van der Waals surface area contributed by atoms with E-state index in [4.69, 9.17) is 0 Å². The molecule has 1 aromatic carbocycles. The first kappa shape index (κ1) is 17.0. The first-order valence-electron chi connectivity index (χ1n) is 6.68. The van der Waals surface area contributed by atoms with Gasteiger partial charge in [-0.1, -0.05) is 0 Å². The second kappa shape index (κ2) is 6.04. The van der Waals surface area contributed by atoms with Gasteiger partial charge in [-0.2, -0.15) is 13.2 Å². The Hall–Kier alpha value is -1.35. The van der Waals surface area contributed by atoms with Gasteiger partial charge in [-0.05, 0) is 44.6 Å². The van der Waals surface area contributed by atoms with Crippen LogP contribution in [-0.4, -0.2) is 45.0 Å². The number of benzene rings is 1. The molecule has 0 aliphatic carbocycles. The lowest BCUT2D eigenvalue weighted by Crippen LogP contribution is -2.32. The minimum Gasteiger partial charge on any atom is -0.382 e. The third kappa shape index (κ3) is 3.35. The molecule has 1 heterocycles. The lowest BCUT2D eigenvalue weighted by atomic mass is 10.2. The van der Waals surface area contributed by atoms with E-state index in [1.807, 2.05) is 11.9 Å². The third-order valence-electron chi connectivity index (χ3n) is 3.74. The predicted molar refractivity (Wildman–Crippen MR) is 73.8 cm³/mol. The van der Waals surface area contributed by atoms with E-state index in [0.717, 1.165) is 31.5 Å². The molecule has 4 nitrogen and oxygen atoms in total. The van der Waals surface area contributed by atoms with Crippen LogP contribution in [0.2, 0.25) is 0 Å². The smallest absolute Gasteiger partial charge is 0.382 e. The van der Waals surface area contributed by atoms with Crippen LogP contribution in [0.5, 0.6) is 0 Å². The van der Waals surface area contributed by atoms with Gasteiger partial charge in [0.25, 0.3) is 9.84 Å². The molecule has 1 atom stereocenters. The second-order valence-corrected chi connectivity index (χ2v) is 7.16. The summed E-state index contributed by atoms with van der Waals surface area (Å²) in [5.41, 5.74) is -5.71. The molecule has 0 aromatic heterocycles. The molecule has 1 unspecified atom stereocenters. The molecule has 0 spiro atoms. The van der Waals surface area contributed by atoms with Gasteiger partial charge >= 0.3 is 5.51 Å². The summed E-state index contributed by atoms with van der Waals surface area (Å²) in [5, 5.41) is 2.70. The van der Waals surface area contributed by atoms with Crippen molar-refractivity contribution in [1.29, 1.82) is 0 Å². The first-order chi connectivity index (χ1) is 10.1. The normalized spacial score (nSPS) is 20.3. The monoisotopic (exact) mass is 340 g/mol. The van der Waals surface area contributed by atoms with Gasteiger partial charge in [0, 0.05) is 12.6 Å². The highest BCUT2D eigenvalue weighted by atomic mass is 32.2. The fraction of sp³-hybridized carbons (Fsp3) is 0.538. The Kier molecular flexibility index (Phi) is 4.67. The van der Waals surface area contributed by atoms with E-state index in [2.05, 4.69) is 5.32 Å². The van der Waals surface area contributed by atoms with E-state index < -0.39 is 26.1 Å². The van der Waals surface area contributed by atoms with E-state index in [1.54, 1.807) is 0 Å². The van der Waals surface area contributed by atoms with Crippen molar-refractivity contribution in [3.8, 4) is 0 Å². The van der Waals surface area contributed by atoms with Crippen molar-refractivity contribution >= 4 is 15.5 Å². The number of nitrogens with one attached hydrogen (secondary N) is 1. The molecule has 0 amide bonds. The maximum atomic E-state index is 13.2. The van der Waals surface area contributed by atoms with Crippen LogP contribution in [0.4, 0.5) is 23.2 Å². The highest BCUT2D eigenvalue weighted by Gasteiger charge is 2.48. The van der Waals surface area contributed by atoms with Gasteiger partial charge in [-0.15, -0.1) is 0 Å². The van der Waals surface area contributed by atoms with Gasteiger partial charge in [-0.25, -0.2) is 12.8 Å². The molecule has 0 radical (unpaired) electrons. The topological polar surface area (TPSA) is 49.4 Å². The quantitative estimate of drug-likeness (QED) is 0.856. The van der Waals surface area contributed by atoms with Crippen LogP contribution in [0.1, 0.15) is 12.8 Å². The standard InChI is InChI=1S/C13H16F4N2O2S/c1-19-6-2-3-10(19)8-18-11-5-4-9(14)7-12(11)22(20,21)13(15,16)17/h4-5,7,10,18H,2-3,6,8H2,1H3. The molecule has 1 fully saturated rings. The number of nitrogens with zero attached hydrogens (tertiary/aromatic N) is 1. The van der Waals surface area contributed by atoms with Crippen LogP contribution in [0, 0.1) is 5.82 Å². The molecule has 1 aromatic rings. The summed E-state index contributed by atoms with van der Waals surface area (Å²) in [6.07, 6.45) is 1.84. The van der Waals surface area contributed by atoms with Gasteiger partial charge in [-0.3, -0.25) is 0 Å². The lowest BCUT2D eigenvalue weighted by molar-refractivity contribution is -0.0435. The zero-order valence-corrected chi connectivity index (χ0v) is 12.6. The number of likely N-dealkylation sites (tertiary alicyclic amines) is 1. The number of hydrogen-bond acceptors (Lipinski definition) is 4. The zero-order chi connectivity index (χ0) is 16.5. The van der Waals surface area contributed by atoms with Crippen molar-refractivity contribution in [3.05, 3.63) is 24.0 Å². The molecular weight excluding hydrogens is 324 g/mol. The van der Waals surface area contributed by atoms with Crippen molar-refractivity contribution in [2.24, 2.45) is 0 Å². The number of sulfone groups is 1. The first-order valence-corrected chi connectivity index (χ1v) is 8.16. The summed E-state index contributed by atoms with van der Waals surface area (Å²) in [4.78, 5) is 0.953. The summed E-state index contributed by atoms with van der Waals surface area (Å²) in [5.74, 6) is -1.04. The maximum Gasteiger partial charge on any atom is 0.501 e. The molecule has 124 valence electrons. The number of hydrogen-bond donors (Lipinski definition) is 1. The molecule has 2 rings (SSSR count). The van der Waals surface area contributed by atoms with Crippen LogP contribution in [0.3, 0.4) is 0 Å². The van der Waals surface area contributed by atoms with Crippen LogP contribution in [0.15, 0.2) is 23.1 Å². The van der Waals surface area contributed by atoms with E-state index in [1.165, 1.54) is 0 Å². The van der Waals surface area contributed by atoms with E-state index >= 15 is 0 Å². The largest absolute Gasteiger partial charge is 0.501 e. The summed E-state index contributed by atoms with van der Waals surface area (Å²) in [6.45, 7) is 1.17. The second-order valence-electron chi connectivity index (χ2n) is 5.25. The molecule has 22 heavy (non-hydrogen) atoms. The maximum absolute atomic E-state index is 13.2. The van der Waals surface area contributed by atoms with Crippen molar-refractivity contribution in [2.75, 3.05) is 25.5 Å². The Bertz CT molecular complexity index is 646. The fourth-order valence-corrected chi connectivity index (χ4v) is 3.40. The molecule has 1 aliphatic heterocycles. The van der Waals surface area contributed by atoms with Gasteiger partial charge in [0.15, 0.2) is 0 Å². The van der Waals surface area contributed by atoms with Crippen LogP contribution in [-0.2, 0) is 9.84 Å². The summed E-state index contributed by atoms with van der Waals surface area (Å²) < 4.78 is 74.4. The Labute approximate surface area is 126 Å². The summed E-state index contributed by atoms with van der Waals surface area (Å²) in [6, 6.07) is 2.44. The molecule has 0 saturated carbocycles. The van der Waals surface area contributed by atoms with E-state index in [0.29, 0.717) is 12.6 Å². The Morgan fingerprint density at radius 1 is 1.36 bits per heavy atom. The van der Waals surface area contributed by atoms with Gasteiger partial charge in [0.1, 0.15) is 10.7 Å². The van der Waals surface area contributed by atoms with Crippen molar-refractivity contribution in [1.82, 2.24) is 4.90 Å². The Morgan fingerprint density at radius 3 is 2.59 bits per heavy atom. The van der Waals surface area contributed by atoms with Crippen molar-refractivity contribution < 1.29 is 26.0 Å². The Balaban J connectivity index is 2.29. The number of rotatable bonds is 4. The fourth-order valence-electron chi connectivity index (χ4n) is 2.45. The highest BCUT2D eigenvalue weighted by Crippen LogP contribution is 2.35. The average Bonchev–Trinajstić information content (AvgIpc) is 2.81. The number of alkyl halides is 3. The number of anilines is 1. The molecule has 0 bridgehead atoms. The number of halogens is 4. The van der Waals surface area contributed by atoms with Crippen LogP contribution >= 0.6 is 0 Å². The molecule has 9 heteroatoms. The zero-order valence-electron chi connectivity index (χ0n) is 11.8. The van der Waals surface area contributed by atoms with Gasteiger partial charge in [0.05, 0.1) is 5.69 Å². The van der Waals surface area contributed by atoms with E-state index in [-0.39, 0.29) is 11.7 Å². The van der Waals surface area contributed by atoms with Crippen LogP contribution in [0.25, 0.3) is 0 Å². The van der Waals surface area contributed by atoms with Gasteiger partial charge in [0.2, 0.25) is 0 Å². The number of likely N-dealkylation sites (N-methyl/N-ethyl adjacent to an activating group) is 1.